The van der Waals surface area contributed by atoms with Gasteiger partial charge in [-0.2, -0.15) is 0 Å². The van der Waals surface area contributed by atoms with Crippen LogP contribution in [0.1, 0.15) is 22.3 Å². The first kappa shape index (κ1) is 29.5. The molecule has 0 radical (unpaired) electrons. The van der Waals surface area contributed by atoms with Crippen LogP contribution in [0.4, 0.5) is 0 Å². The summed E-state index contributed by atoms with van der Waals surface area (Å²) in [6.45, 7) is 9.40. The number of allylic oxidation sites excluding steroid dienone is 2. The molecule has 0 unspecified atom stereocenters. The average Bonchev–Trinajstić information content (AvgIpc) is 2.84. The fourth-order valence-corrected chi connectivity index (χ4v) is 4.32. The van der Waals surface area contributed by atoms with Crippen molar-refractivity contribution >= 4 is 0 Å². The van der Waals surface area contributed by atoms with Crippen molar-refractivity contribution in [3.05, 3.63) is 71.8 Å². The molecular formula is C28H40N2O6. The molecule has 6 N–H and O–H groups in total. The molecular weight excluding hydrogens is 460 g/mol. The number of aliphatic hydroxyl groups is 4. The Morgan fingerprint density at radius 3 is 1.56 bits per heavy atom. The van der Waals surface area contributed by atoms with Crippen molar-refractivity contribution in [2.45, 2.75) is 25.9 Å². The highest BCUT2D eigenvalue weighted by Gasteiger charge is 2.19. The number of benzene rings is 2. The number of rotatable bonds is 17. The number of nitrogens with zero attached hydrogens (tertiary/aromatic N) is 2. The van der Waals surface area contributed by atoms with Crippen LogP contribution in [0.3, 0.4) is 0 Å². The Morgan fingerprint density at radius 1 is 0.611 bits per heavy atom. The molecule has 0 aliphatic heterocycles. The van der Waals surface area contributed by atoms with Crippen LogP contribution in [0, 0.1) is 0 Å². The summed E-state index contributed by atoms with van der Waals surface area (Å²) in [6.07, 6.45) is 4.49. The zero-order valence-corrected chi connectivity index (χ0v) is 20.9. The number of aliphatic hydroxyl groups excluding tert-OH is 4. The Balaban J connectivity index is 2.64. The lowest BCUT2D eigenvalue weighted by atomic mass is 9.92. The first-order chi connectivity index (χ1) is 17.4. The van der Waals surface area contributed by atoms with Gasteiger partial charge in [0.15, 0.2) is 0 Å². The summed E-state index contributed by atoms with van der Waals surface area (Å²) in [5.41, 5.74) is 4.19. The molecule has 0 saturated heterocycles. The van der Waals surface area contributed by atoms with E-state index in [4.69, 9.17) is 0 Å². The fourth-order valence-electron chi connectivity index (χ4n) is 4.32. The maximum atomic E-state index is 11.3. The summed E-state index contributed by atoms with van der Waals surface area (Å²) in [7, 11) is 0. The fraction of sp³-hybridized carbons (Fsp3) is 0.429. The highest BCUT2D eigenvalue weighted by atomic mass is 16.3. The smallest absolute Gasteiger partial charge is 0.127 e. The maximum Gasteiger partial charge on any atom is 0.127 e. The SMILES string of the molecule is C=CCc1cc(CN(CCO)CCO)c(O)c(-c2cc(CC=C)c(O)c(CN(CCO)CCO)c2)c1. The number of hydrogen-bond acceptors (Lipinski definition) is 8. The molecule has 2 aromatic carbocycles. The van der Waals surface area contributed by atoms with Crippen molar-refractivity contribution in [1.82, 2.24) is 9.80 Å². The third-order valence-electron chi connectivity index (χ3n) is 6.02. The molecule has 8 heteroatoms. The third kappa shape index (κ3) is 8.16. The van der Waals surface area contributed by atoms with Crippen molar-refractivity contribution < 1.29 is 30.6 Å². The van der Waals surface area contributed by atoms with Crippen molar-refractivity contribution in [2.75, 3.05) is 52.6 Å². The zero-order chi connectivity index (χ0) is 26.5. The summed E-state index contributed by atoms with van der Waals surface area (Å²) in [4.78, 5) is 3.71. The molecule has 0 saturated carbocycles. The van der Waals surface area contributed by atoms with Gasteiger partial charge in [-0.05, 0) is 47.7 Å². The van der Waals surface area contributed by atoms with Gasteiger partial charge in [0.2, 0.25) is 0 Å². The Morgan fingerprint density at radius 2 is 1.08 bits per heavy atom. The lowest BCUT2D eigenvalue weighted by Crippen LogP contribution is -2.29. The molecule has 2 aromatic rings. The zero-order valence-electron chi connectivity index (χ0n) is 20.9. The highest BCUT2D eigenvalue weighted by molar-refractivity contribution is 5.75. The van der Waals surface area contributed by atoms with Crippen molar-refractivity contribution in [3.8, 4) is 22.6 Å². The van der Waals surface area contributed by atoms with E-state index in [0.717, 1.165) is 5.56 Å². The van der Waals surface area contributed by atoms with Crippen LogP contribution >= 0.6 is 0 Å². The van der Waals surface area contributed by atoms with Gasteiger partial charge in [0.05, 0.1) is 26.4 Å². The molecule has 198 valence electrons. The second-order valence-electron chi connectivity index (χ2n) is 8.73. The summed E-state index contributed by atoms with van der Waals surface area (Å²) < 4.78 is 0. The van der Waals surface area contributed by atoms with Crippen molar-refractivity contribution in [3.63, 3.8) is 0 Å². The standard InChI is InChI=1S/C28H40N2O6/c1-3-5-21-15-24(19-29(7-11-31)8-12-32)28(36)26(16-21)23-17-22(6-4-2)27(35)25(18-23)20-30(9-13-33)10-14-34/h3-4,15-18,31-36H,1-2,5-14,19-20H2. The Hall–Kier alpha value is -2.72. The Kier molecular flexibility index (Phi) is 12.6. The number of phenolic OH excluding ortho intramolecular Hbond substituents is 2. The van der Waals surface area contributed by atoms with E-state index in [9.17, 15) is 30.6 Å². The van der Waals surface area contributed by atoms with E-state index in [2.05, 4.69) is 13.2 Å². The normalized spacial score (nSPS) is 11.4. The van der Waals surface area contributed by atoms with Crippen molar-refractivity contribution in [2.24, 2.45) is 0 Å². The number of hydrogen-bond donors (Lipinski definition) is 6. The van der Waals surface area contributed by atoms with E-state index >= 15 is 0 Å². The largest absolute Gasteiger partial charge is 0.507 e. The minimum atomic E-state index is -0.0775. The minimum absolute atomic E-state index is 0.0651. The van der Waals surface area contributed by atoms with Gasteiger partial charge in [0.1, 0.15) is 11.5 Å². The van der Waals surface area contributed by atoms with E-state index in [1.807, 2.05) is 34.1 Å². The van der Waals surface area contributed by atoms with Crippen molar-refractivity contribution in [1.29, 1.82) is 0 Å². The first-order valence-electron chi connectivity index (χ1n) is 12.2. The van der Waals surface area contributed by atoms with Crippen LogP contribution in [-0.4, -0.2) is 93.0 Å². The van der Waals surface area contributed by atoms with Crippen LogP contribution < -0.4 is 0 Å². The lowest BCUT2D eigenvalue weighted by Gasteiger charge is -2.24. The van der Waals surface area contributed by atoms with E-state index in [1.54, 1.807) is 12.2 Å². The molecule has 0 bridgehead atoms. The van der Waals surface area contributed by atoms with Crippen LogP contribution in [0.25, 0.3) is 11.1 Å². The van der Waals surface area contributed by atoms with E-state index in [-0.39, 0.29) is 37.9 Å². The minimum Gasteiger partial charge on any atom is -0.507 e. The Bertz CT molecular complexity index is 982. The van der Waals surface area contributed by atoms with Crippen LogP contribution in [0.15, 0.2) is 49.6 Å². The second kappa shape index (κ2) is 15.4. The maximum absolute atomic E-state index is 11.3. The van der Waals surface area contributed by atoms with Gasteiger partial charge in [-0.3, -0.25) is 9.80 Å². The molecule has 0 aliphatic rings. The molecule has 0 aliphatic carbocycles. The van der Waals surface area contributed by atoms with Gasteiger partial charge in [-0.1, -0.05) is 18.2 Å². The summed E-state index contributed by atoms with van der Waals surface area (Å²) in [5, 5.41) is 59.9. The van der Waals surface area contributed by atoms with Gasteiger partial charge >= 0.3 is 0 Å². The molecule has 2 rings (SSSR count). The summed E-state index contributed by atoms with van der Waals surface area (Å²) in [6, 6.07) is 7.45. The van der Waals surface area contributed by atoms with Gasteiger partial charge in [-0.25, -0.2) is 0 Å². The molecule has 0 atom stereocenters. The number of phenols is 2. The van der Waals surface area contributed by atoms with E-state index in [1.165, 1.54) is 0 Å². The Labute approximate surface area is 213 Å². The van der Waals surface area contributed by atoms with Crippen LogP contribution in [0.5, 0.6) is 11.5 Å². The first-order valence-corrected chi connectivity index (χ1v) is 12.2. The summed E-state index contributed by atoms with van der Waals surface area (Å²) in [5.74, 6) is 0.214. The quantitative estimate of drug-likeness (QED) is 0.182. The predicted molar refractivity (Wildman–Crippen MR) is 142 cm³/mol. The van der Waals surface area contributed by atoms with Crippen LogP contribution in [-0.2, 0) is 25.9 Å². The monoisotopic (exact) mass is 500 g/mol. The predicted octanol–water partition coefficient (Wildman–Crippen LogP) is 1.79. The molecule has 0 aromatic heterocycles. The van der Waals surface area contributed by atoms with Gasteiger partial charge in [-0.15, -0.1) is 13.2 Å². The molecule has 0 heterocycles. The van der Waals surface area contributed by atoms with E-state index < -0.39 is 0 Å². The van der Waals surface area contributed by atoms with E-state index in [0.29, 0.717) is 79.9 Å². The van der Waals surface area contributed by atoms with Gasteiger partial charge in [0.25, 0.3) is 0 Å². The molecule has 0 spiro atoms. The number of aromatic hydroxyl groups is 2. The molecule has 0 amide bonds. The summed E-state index contributed by atoms with van der Waals surface area (Å²) >= 11 is 0. The third-order valence-corrected chi connectivity index (χ3v) is 6.02. The lowest BCUT2D eigenvalue weighted by molar-refractivity contribution is 0.154. The molecule has 36 heavy (non-hydrogen) atoms. The highest BCUT2D eigenvalue weighted by Crippen LogP contribution is 2.38. The van der Waals surface area contributed by atoms with Gasteiger partial charge in [0, 0.05) is 56.0 Å². The second-order valence-corrected chi connectivity index (χ2v) is 8.73. The topological polar surface area (TPSA) is 128 Å². The average molecular weight is 501 g/mol. The van der Waals surface area contributed by atoms with Gasteiger partial charge < -0.3 is 30.6 Å². The molecule has 8 nitrogen and oxygen atoms in total. The molecule has 0 fully saturated rings. The van der Waals surface area contributed by atoms with Crippen LogP contribution in [0.2, 0.25) is 0 Å².